The topological polar surface area (TPSA) is 102 Å². The van der Waals surface area contributed by atoms with E-state index in [-0.39, 0.29) is 24.5 Å². The van der Waals surface area contributed by atoms with Crippen molar-refractivity contribution in [1.29, 1.82) is 0 Å². The summed E-state index contributed by atoms with van der Waals surface area (Å²) in [7, 11) is 0. The van der Waals surface area contributed by atoms with Crippen molar-refractivity contribution in [2.24, 2.45) is 17.6 Å². The van der Waals surface area contributed by atoms with Crippen LogP contribution in [-0.4, -0.2) is 47.3 Å². The first-order valence-corrected chi connectivity index (χ1v) is 9.09. The number of rotatable bonds is 6. The number of likely N-dealkylation sites (tertiary alicyclic amines) is 1. The van der Waals surface area contributed by atoms with Crippen LogP contribution in [0.2, 0.25) is 0 Å². The van der Waals surface area contributed by atoms with Crippen LogP contribution in [0, 0.1) is 11.8 Å². The Bertz CT molecular complexity index is 691. The zero-order valence-electron chi connectivity index (χ0n) is 15.2. The highest BCUT2D eigenvalue weighted by Gasteiger charge is 2.42. The van der Waals surface area contributed by atoms with E-state index in [0.717, 1.165) is 12.8 Å². The van der Waals surface area contributed by atoms with E-state index in [4.69, 9.17) is 15.2 Å². The van der Waals surface area contributed by atoms with E-state index in [1.165, 1.54) is 0 Å². The predicted molar refractivity (Wildman–Crippen MR) is 94.8 cm³/mol. The second-order valence-electron chi connectivity index (χ2n) is 7.38. The molecule has 1 saturated heterocycles. The van der Waals surface area contributed by atoms with Crippen LogP contribution >= 0.6 is 0 Å². The lowest BCUT2D eigenvalue weighted by Crippen LogP contribution is -2.47. The zero-order valence-corrected chi connectivity index (χ0v) is 15.2. The second-order valence-corrected chi connectivity index (χ2v) is 7.38. The normalized spacial score (nSPS) is 22.7. The average Bonchev–Trinajstić information content (AvgIpc) is 3.24. The summed E-state index contributed by atoms with van der Waals surface area (Å²) in [6.07, 6.45) is 1.56. The lowest BCUT2D eigenvalue weighted by molar-refractivity contribution is -0.146. The molecule has 2 aliphatic heterocycles. The van der Waals surface area contributed by atoms with E-state index in [0.29, 0.717) is 30.0 Å². The van der Waals surface area contributed by atoms with E-state index in [9.17, 15) is 14.7 Å². The Morgan fingerprint density at radius 3 is 2.69 bits per heavy atom. The van der Waals surface area contributed by atoms with Gasteiger partial charge in [0.1, 0.15) is 5.92 Å². The Hall–Kier alpha value is -2.28. The van der Waals surface area contributed by atoms with Crippen LogP contribution in [0.1, 0.15) is 43.5 Å². The molecule has 142 valence electrons. The van der Waals surface area contributed by atoms with Gasteiger partial charge in [0, 0.05) is 12.1 Å². The molecule has 0 saturated carbocycles. The van der Waals surface area contributed by atoms with Gasteiger partial charge in [-0.25, -0.2) is 0 Å². The minimum Gasteiger partial charge on any atom is -0.450 e. The highest BCUT2D eigenvalue weighted by Crippen LogP contribution is 2.39. The molecule has 0 radical (unpaired) electrons. The Labute approximate surface area is 153 Å². The summed E-state index contributed by atoms with van der Waals surface area (Å²) < 4.78 is 11.7. The minimum atomic E-state index is -0.747. The summed E-state index contributed by atoms with van der Waals surface area (Å²) in [5, 5.41) is 9.54. The van der Waals surface area contributed by atoms with Crippen LogP contribution in [0.3, 0.4) is 0 Å². The smallest absolute Gasteiger partial charge is 0.253 e. The molecule has 1 fully saturated rings. The largest absolute Gasteiger partial charge is 0.450 e. The van der Waals surface area contributed by atoms with Gasteiger partial charge in [0.05, 0.1) is 12.6 Å². The highest BCUT2D eigenvalue weighted by atomic mass is 16.7. The molecule has 3 N–H and O–H groups in total. The van der Waals surface area contributed by atoms with Crippen molar-refractivity contribution >= 4 is 11.8 Å². The third-order valence-electron chi connectivity index (χ3n) is 4.96. The molecule has 0 aliphatic carbocycles. The number of primary amides is 1. The maximum absolute atomic E-state index is 13.1. The molecule has 26 heavy (non-hydrogen) atoms. The van der Waals surface area contributed by atoms with Crippen molar-refractivity contribution in [3.05, 3.63) is 23.8 Å². The number of ether oxygens (including phenoxy) is 2. The fourth-order valence-electron chi connectivity index (χ4n) is 3.65. The molecule has 2 unspecified atom stereocenters. The van der Waals surface area contributed by atoms with Crippen molar-refractivity contribution in [3.63, 3.8) is 0 Å². The fourth-order valence-corrected chi connectivity index (χ4v) is 3.65. The van der Waals surface area contributed by atoms with Crippen LogP contribution in [0.4, 0.5) is 0 Å². The molecule has 3 atom stereocenters. The van der Waals surface area contributed by atoms with Gasteiger partial charge in [0.25, 0.3) is 6.29 Å². The van der Waals surface area contributed by atoms with Gasteiger partial charge in [-0.15, -0.1) is 0 Å². The molecule has 7 heteroatoms. The van der Waals surface area contributed by atoms with E-state index in [2.05, 4.69) is 0 Å². The summed E-state index contributed by atoms with van der Waals surface area (Å²) in [5.74, 6) is 0.123. The molecule has 2 amide bonds. The third kappa shape index (κ3) is 3.62. The summed E-state index contributed by atoms with van der Waals surface area (Å²) in [6.45, 7) is 4.70. The average molecular weight is 362 g/mol. The monoisotopic (exact) mass is 362 g/mol. The predicted octanol–water partition coefficient (Wildman–Crippen LogP) is 1.53. The summed E-state index contributed by atoms with van der Waals surface area (Å²) in [6, 6.07) is 4.62. The number of aliphatic hydroxyl groups excluding tert-OH is 1. The van der Waals surface area contributed by atoms with Crippen molar-refractivity contribution in [1.82, 2.24) is 4.90 Å². The van der Waals surface area contributed by atoms with Gasteiger partial charge in [-0.2, -0.15) is 0 Å². The number of nitrogens with zero attached hydrogens (tertiary/aromatic N) is 1. The molecular formula is C19H26N2O5. The SMILES string of the molecule is CC(C)C[C@@H](C(=O)N1CCCC1CO)C1Oc2ccc(C(N)=O)cc2O1. The van der Waals surface area contributed by atoms with Crippen LogP contribution in [0.25, 0.3) is 0 Å². The Balaban J connectivity index is 1.80. The van der Waals surface area contributed by atoms with Crippen molar-refractivity contribution in [2.45, 2.75) is 45.4 Å². The lowest BCUT2D eigenvalue weighted by atomic mass is 9.94. The van der Waals surface area contributed by atoms with Crippen LogP contribution in [0.15, 0.2) is 18.2 Å². The van der Waals surface area contributed by atoms with Gasteiger partial charge in [0.15, 0.2) is 11.5 Å². The molecule has 2 heterocycles. The Kier molecular flexibility index (Phi) is 5.36. The number of hydrogen-bond donors (Lipinski definition) is 2. The van der Waals surface area contributed by atoms with Crippen molar-refractivity contribution < 1.29 is 24.2 Å². The fraction of sp³-hybridized carbons (Fsp3) is 0.579. The molecule has 0 spiro atoms. The first kappa shape index (κ1) is 18.5. The van der Waals surface area contributed by atoms with Gasteiger partial charge in [-0.1, -0.05) is 13.8 Å². The van der Waals surface area contributed by atoms with Gasteiger partial charge in [-0.05, 0) is 43.4 Å². The third-order valence-corrected chi connectivity index (χ3v) is 4.96. The number of fused-ring (bicyclic) bond motifs is 1. The van der Waals surface area contributed by atoms with Gasteiger partial charge in [0.2, 0.25) is 11.8 Å². The number of nitrogens with two attached hydrogens (primary N) is 1. The Morgan fingerprint density at radius 2 is 2.04 bits per heavy atom. The number of benzene rings is 1. The van der Waals surface area contributed by atoms with Crippen LogP contribution in [-0.2, 0) is 4.79 Å². The Morgan fingerprint density at radius 1 is 1.31 bits per heavy atom. The number of hydrogen-bond acceptors (Lipinski definition) is 5. The van der Waals surface area contributed by atoms with Gasteiger partial charge in [-0.3, -0.25) is 9.59 Å². The molecule has 1 aromatic rings. The molecule has 1 aromatic carbocycles. The molecule has 2 aliphatic rings. The number of carbonyl (C=O) groups is 2. The number of carbonyl (C=O) groups excluding carboxylic acids is 2. The minimum absolute atomic E-state index is 0.0330. The highest BCUT2D eigenvalue weighted by molar-refractivity contribution is 5.93. The standard InChI is InChI=1S/C19H26N2O5/c1-11(2)8-14(18(24)21-7-3-4-13(21)10-22)19-25-15-6-5-12(17(20)23)9-16(15)26-19/h5-6,9,11,13-14,19,22H,3-4,7-8,10H2,1-2H3,(H2,20,23)/t13?,14-,19?/m0/s1. The van der Waals surface area contributed by atoms with Crippen LogP contribution in [0.5, 0.6) is 11.5 Å². The summed E-state index contributed by atoms with van der Waals surface area (Å²) in [5.41, 5.74) is 5.64. The number of aliphatic hydroxyl groups is 1. The molecular weight excluding hydrogens is 336 g/mol. The van der Waals surface area contributed by atoms with Gasteiger partial charge < -0.3 is 25.2 Å². The molecule has 7 nitrogen and oxygen atoms in total. The van der Waals surface area contributed by atoms with E-state index in [1.54, 1.807) is 23.1 Å². The van der Waals surface area contributed by atoms with Gasteiger partial charge >= 0.3 is 0 Å². The van der Waals surface area contributed by atoms with Crippen molar-refractivity contribution in [3.8, 4) is 11.5 Å². The lowest BCUT2D eigenvalue weighted by Gasteiger charge is -2.30. The summed E-state index contributed by atoms with van der Waals surface area (Å²) in [4.78, 5) is 26.2. The number of amides is 2. The first-order chi connectivity index (χ1) is 12.4. The molecule has 3 rings (SSSR count). The maximum Gasteiger partial charge on any atom is 0.253 e. The van der Waals surface area contributed by atoms with Crippen molar-refractivity contribution in [2.75, 3.05) is 13.2 Å². The van der Waals surface area contributed by atoms with E-state index < -0.39 is 18.1 Å². The van der Waals surface area contributed by atoms with Crippen LogP contribution < -0.4 is 15.2 Å². The van der Waals surface area contributed by atoms with E-state index in [1.807, 2.05) is 13.8 Å². The maximum atomic E-state index is 13.1. The first-order valence-electron chi connectivity index (χ1n) is 9.09. The summed E-state index contributed by atoms with van der Waals surface area (Å²) >= 11 is 0. The molecule has 0 aromatic heterocycles. The zero-order chi connectivity index (χ0) is 18.8. The molecule has 0 bridgehead atoms. The second kappa shape index (κ2) is 7.53. The quantitative estimate of drug-likeness (QED) is 0.799. The van der Waals surface area contributed by atoms with E-state index >= 15 is 0 Å².